The van der Waals surface area contributed by atoms with Crippen molar-refractivity contribution in [3.8, 4) is 11.5 Å². The van der Waals surface area contributed by atoms with Crippen LogP contribution in [0.2, 0.25) is 5.02 Å². The summed E-state index contributed by atoms with van der Waals surface area (Å²) < 4.78 is 11.5. The van der Waals surface area contributed by atoms with Gasteiger partial charge in [-0.15, -0.1) is 0 Å². The summed E-state index contributed by atoms with van der Waals surface area (Å²) in [6, 6.07) is 14.8. The lowest BCUT2D eigenvalue weighted by Gasteiger charge is -2.21. The van der Waals surface area contributed by atoms with Gasteiger partial charge in [0.15, 0.2) is 6.10 Å². The molecule has 2 aromatic rings. The van der Waals surface area contributed by atoms with Crippen LogP contribution in [0.5, 0.6) is 11.5 Å². The van der Waals surface area contributed by atoms with E-state index in [1.54, 1.807) is 12.1 Å². The lowest BCUT2D eigenvalue weighted by Crippen LogP contribution is -2.44. The molecular weight excluding hydrogens is 338 g/mol. The first kappa shape index (κ1) is 19.1. The van der Waals surface area contributed by atoms with Gasteiger partial charge >= 0.3 is 0 Å². The molecule has 0 heterocycles. The summed E-state index contributed by atoms with van der Waals surface area (Å²) in [6.45, 7) is 6.18. The molecule has 1 N–H and O–H groups in total. The van der Waals surface area contributed by atoms with Gasteiger partial charge in [-0.3, -0.25) is 4.79 Å². The van der Waals surface area contributed by atoms with Gasteiger partial charge in [-0.1, -0.05) is 48.9 Å². The summed E-state index contributed by atoms with van der Waals surface area (Å²) in [6.07, 6.45) is -0.0524. The van der Waals surface area contributed by atoms with E-state index >= 15 is 0 Å². The van der Waals surface area contributed by atoms with Crippen molar-refractivity contribution in [3.63, 3.8) is 0 Å². The molecule has 0 spiro atoms. The monoisotopic (exact) mass is 361 g/mol. The Morgan fingerprint density at radius 3 is 2.40 bits per heavy atom. The molecule has 0 bridgehead atoms. The van der Waals surface area contributed by atoms with Gasteiger partial charge < -0.3 is 14.8 Å². The van der Waals surface area contributed by atoms with E-state index in [0.717, 1.165) is 11.3 Å². The molecule has 2 rings (SSSR count). The second-order valence-corrected chi connectivity index (χ2v) is 6.34. The molecule has 5 heteroatoms. The number of para-hydroxylation sites is 2. The third-order valence-corrected chi connectivity index (χ3v) is 4.05. The molecular formula is C20H24ClNO3. The van der Waals surface area contributed by atoms with Gasteiger partial charge in [0.25, 0.3) is 5.91 Å². The van der Waals surface area contributed by atoms with E-state index in [-0.39, 0.29) is 11.9 Å². The second-order valence-electron chi connectivity index (χ2n) is 5.93. The number of hydrogen-bond acceptors (Lipinski definition) is 3. The zero-order valence-electron chi connectivity index (χ0n) is 14.8. The molecule has 1 amide bonds. The van der Waals surface area contributed by atoms with Crippen molar-refractivity contribution < 1.29 is 14.3 Å². The third-order valence-electron chi connectivity index (χ3n) is 3.74. The van der Waals surface area contributed by atoms with Crippen LogP contribution in [0.4, 0.5) is 0 Å². The predicted molar refractivity (Wildman–Crippen MR) is 100 cm³/mol. The molecule has 0 aromatic heterocycles. The molecule has 25 heavy (non-hydrogen) atoms. The fourth-order valence-electron chi connectivity index (χ4n) is 2.33. The SMILES string of the molecule is CC[C@H](Oc1ccccc1Cl)C(=O)N[C@H](C)COc1ccccc1C. The molecule has 2 atom stereocenters. The predicted octanol–water partition coefficient (Wildman–Crippen LogP) is 4.39. The van der Waals surface area contributed by atoms with Gasteiger partial charge in [0.05, 0.1) is 11.1 Å². The van der Waals surface area contributed by atoms with Crippen molar-refractivity contribution >= 4 is 17.5 Å². The van der Waals surface area contributed by atoms with E-state index in [0.29, 0.717) is 23.8 Å². The average Bonchev–Trinajstić information content (AvgIpc) is 2.60. The van der Waals surface area contributed by atoms with Crippen LogP contribution in [-0.4, -0.2) is 24.7 Å². The van der Waals surface area contributed by atoms with E-state index in [1.165, 1.54) is 0 Å². The Hall–Kier alpha value is -2.20. The van der Waals surface area contributed by atoms with E-state index in [4.69, 9.17) is 21.1 Å². The highest BCUT2D eigenvalue weighted by molar-refractivity contribution is 6.32. The Morgan fingerprint density at radius 1 is 1.12 bits per heavy atom. The summed E-state index contributed by atoms with van der Waals surface area (Å²) in [4.78, 5) is 12.4. The summed E-state index contributed by atoms with van der Waals surface area (Å²) in [5.74, 6) is 1.15. The number of ether oxygens (including phenoxy) is 2. The molecule has 0 aliphatic rings. The van der Waals surface area contributed by atoms with Crippen LogP contribution in [0.25, 0.3) is 0 Å². The minimum absolute atomic E-state index is 0.143. The molecule has 4 nitrogen and oxygen atoms in total. The van der Waals surface area contributed by atoms with E-state index in [1.807, 2.05) is 57.2 Å². The normalized spacial score (nSPS) is 13.0. The minimum atomic E-state index is -0.596. The lowest BCUT2D eigenvalue weighted by molar-refractivity contribution is -0.128. The molecule has 134 valence electrons. The fourth-order valence-corrected chi connectivity index (χ4v) is 2.51. The van der Waals surface area contributed by atoms with Crippen molar-refractivity contribution in [3.05, 3.63) is 59.1 Å². The van der Waals surface area contributed by atoms with Crippen molar-refractivity contribution in [2.24, 2.45) is 0 Å². The van der Waals surface area contributed by atoms with Crippen molar-refractivity contribution in [2.45, 2.75) is 39.3 Å². The number of carbonyl (C=O) groups excluding carboxylic acids is 1. The molecule has 0 saturated heterocycles. The first-order valence-corrected chi connectivity index (χ1v) is 8.79. The number of carbonyl (C=O) groups is 1. The maximum Gasteiger partial charge on any atom is 0.261 e. The molecule has 0 aliphatic heterocycles. The number of nitrogens with one attached hydrogen (secondary N) is 1. The van der Waals surface area contributed by atoms with Crippen LogP contribution in [0.3, 0.4) is 0 Å². The summed E-state index contributed by atoms with van der Waals surface area (Å²) in [5, 5.41) is 3.42. The Labute approximate surface area is 154 Å². The zero-order valence-corrected chi connectivity index (χ0v) is 15.5. The molecule has 0 fully saturated rings. The van der Waals surface area contributed by atoms with Gasteiger partial charge in [-0.2, -0.15) is 0 Å². The maximum absolute atomic E-state index is 12.4. The summed E-state index contributed by atoms with van der Waals surface area (Å²) in [7, 11) is 0. The number of rotatable bonds is 8. The molecule has 2 aromatic carbocycles. The highest BCUT2D eigenvalue weighted by Crippen LogP contribution is 2.25. The van der Waals surface area contributed by atoms with Crippen LogP contribution < -0.4 is 14.8 Å². The second kappa shape index (κ2) is 9.33. The van der Waals surface area contributed by atoms with Crippen LogP contribution in [0, 0.1) is 6.92 Å². The summed E-state index contributed by atoms with van der Waals surface area (Å²) >= 11 is 6.09. The zero-order chi connectivity index (χ0) is 18.2. The quantitative estimate of drug-likeness (QED) is 0.758. The number of aryl methyl sites for hydroxylation is 1. The first-order chi connectivity index (χ1) is 12.0. The largest absolute Gasteiger partial charge is 0.491 e. The van der Waals surface area contributed by atoms with E-state index in [2.05, 4.69) is 5.32 Å². The number of halogens is 1. The molecule has 0 unspecified atom stereocenters. The Bertz CT molecular complexity index is 705. The average molecular weight is 362 g/mol. The Kier molecular flexibility index (Phi) is 7.14. The van der Waals surface area contributed by atoms with Gasteiger partial charge in [0.2, 0.25) is 0 Å². The van der Waals surface area contributed by atoms with Gasteiger partial charge in [-0.25, -0.2) is 0 Å². The van der Waals surface area contributed by atoms with Gasteiger partial charge in [0.1, 0.15) is 18.1 Å². The van der Waals surface area contributed by atoms with Crippen molar-refractivity contribution in [1.29, 1.82) is 0 Å². The molecule has 0 aliphatic carbocycles. The highest BCUT2D eigenvalue weighted by Gasteiger charge is 2.21. The maximum atomic E-state index is 12.4. The van der Waals surface area contributed by atoms with E-state index in [9.17, 15) is 4.79 Å². The standard InChI is InChI=1S/C20H24ClNO3/c1-4-17(25-19-12-8-6-10-16(19)21)20(23)22-15(3)13-24-18-11-7-5-9-14(18)2/h5-12,15,17H,4,13H2,1-3H3,(H,22,23)/t15-,17+/m1/s1. The fraction of sp³-hybridized carbons (Fsp3) is 0.350. The topological polar surface area (TPSA) is 47.6 Å². The van der Waals surface area contributed by atoms with E-state index < -0.39 is 6.10 Å². The number of benzene rings is 2. The third kappa shape index (κ3) is 5.68. The highest BCUT2D eigenvalue weighted by atomic mass is 35.5. The number of amides is 1. The molecule has 0 radical (unpaired) electrons. The summed E-state index contributed by atoms with van der Waals surface area (Å²) in [5.41, 5.74) is 1.06. The Balaban J connectivity index is 1.88. The first-order valence-electron chi connectivity index (χ1n) is 8.41. The van der Waals surface area contributed by atoms with Crippen molar-refractivity contribution in [1.82, 2.24) is 5.32 Å². The molecule has 0 saturated carbocycles. The van der Waals surface area contributed by atoms with Crippen LogP contribution in [0.15, 0.2) is 48.5 Å². The van der Waals surface area contributed by atoms with Crippen LogP contribution >= 0.6 is 11.6 Å². The lowest BCUT2D eigenvalue weighted by atomic mass is 10.2. The van der Waals surface area contributed by atoms with Gasteiger partial charge in [-0.05, 0) is 44.0 Å². The van der Waals surface area contributed by atoms with Crippen LogP contribution in [-0.2, 0) is 4.79 Å². The van der Waals surface area contributed by atoms with Crippen LogP contribution in [0.1, 0.15) is 25.8 Å². The van der Waals surface area contributed by atoms with Gasteiger partial charge in [0, 0.05) is 0 Å². The Morgan fingerprint density at radius 2 is 1.76 bits per heavy atom. The minimum Gasteiger partial charge on any atom is -0.491 e. The smallest absolute Gasteiger partial charge is 0.261 e. The van der Waals surface area contributed by atoms with Crippen molar-refractivity contribution in [2.75, 3.05) is 6.61 Å². The number of hydrogen-bond donors (Lipinski definition) is 1.